The van der Waals surface area contributed by atoms with Crippen LogP contribution in [0.5, 0.6) is 0 Å². The zero-order valence-electron chi connectivity index (χ0n) is 8.16. The second kappa shape index (κ2) is 4.54. The van der Waals surface area contributed by atoms with E-state index in [0.717, 1.165) is 16.3 Å². The standard InChI is InChI=1S/C8H12BrN3O2/c1-6-10-7(13)12(5-3-4-9)8(14)11(6)2/h3-5H2,1-2H3. The van der Waals surface area contributed by atoms with Gasteiger partial charge in [-0.15, -0.1) is 0 Å². The molecule has 0 aromatic carbocycles. The Labute approximate surface area is 89.5 Å². The van der Waals surface area contributed by atoms with E-state index in [1.807, 2.05) is 0 Å². The lowest BCUT2D eigenvalue weighted by atomic mass is 10.5. The van der Waals surface area contributed by atoms with E-state index < -0.39 is 5.69 Å². The van der Waals surface area contributed by atoms with Crippen LogP contribution in [0.25, 0.3) is 0 Å². The third-order valence-electron chi connectivity index (χ3n) is 2.01. The molecule has 5 nitrogen and oxygen atoms in total. The van der Waals surface area contributed by atoms with Gasteiger partial charge in [0, 0.05) is 18.9 Å². The van der Waals surface area contributed by atoms with Gasteiger partial charge in [-0.3, -0.25) is 4.57 Å². The molecule has 78 valence electrons. The molecule has 1 heterocycles. The molecular formula is C8H12BrN3O2. The van der Waals surface area contributed by atoms with Crippen LogP contribution in [0.1, 0.15) is 12.2 Å². The van der Waals surface area contributed by atoms with Crippen LogP contribution in [0.15, 0.2) is 9.59 Å². The third kappa shape index (κ3) is 2.12. The van der Waals surface area contributed by atoms with Crippen molar-refractivity contribution in [3.63, 3.8) is 0 Å². The number of nitrogens with zero attached hydrogens (tertiary/aromatic N) is 3. The highest BCUT2D eigenvalue weighted by atomic mass is 79.9. The van der Waals surface area contributed by atoms with Crippen LogP contribution in [0, 0.1) is 6.92 Å². The molecular weight excluding hydrogens is 250 g/mol. The molecule has 0 spiro atoms. The number of hydrogen-bond donors (Lipinski definition) is 0. The van der Waals surface area contributed by atoms with Crippen molar-refractivity contribution in [1.29, 1.82) is 0 Å². The molecule has 0 radical (unpaired) electrons. The molecule has 1 rings (SSSR count). The van der Waals surface area contributed by atoms with Crippen LogP contribution in [-0.4, -0.2) is 19.4 Å². The van der Waals surface area contributed by atoms with Gasteiger partial charge in [0.05, 0.1) is 0 Å². The normalized spacial score (nSPS) is 10.5. The fourth-order valence-corrected chi connectivity index (χ4v) is 1.34. The smallest absolute Gasteiger partial charge is 0.285 e. The van der Waals surface area contributed by atoms with Crippen LogP contribution < -0.4 is 11.4 Å². The summed E-state index contributed by atoms with van der Waals surface area (Å²) in [6, 6.07) is 0. The van der Waals surface area contributed by atoms with E-state index in [9.17, 15) is 9.59 Å². The average molecular weight is 262 g/mol. The minimum atomic E-state index is -0.466. The van der Waals surface area contributed by atoms with Gasteiger partial charge in [-0.2, -0.15) is 4.98 Å². The Bertz CT molecular complexity index is 435. The summed E-state index contributed by atoms with van der Waals surface area (Å²) in [5, 5.41) is 0.760. The highest BCUT2D eigenvalue weighted by Gasteiger charge is 2.05. The highest BCUT2D eigenvalue weighted by molar-refractivity contribution is 9.09. The van der Waals surface area contributed by atoms with Crippen molar-refractivity contribution >= 4 is 15.9 Å². The molecule has 1 aromatic heterocycles. The molecule has 0 unspecified atom stereocenters. The Morgan fingerprint density at radius 1 is 1.43 bits per heavy atom. The third-order valence-corrected chi connectivity index (χ3v) is 2.57. The van der Waals surface area contributed by atoms with Crippen molar-refractivity contribution in [3.05, 3.63) is 26.8 Å². The monoisotopic (exact) mass is 261 g/mol. The molecule has 0 amide bonds. The van der Waals surface area contributed by atoms with E-state index in [-0.39, 0.29) is 5.69 Å². The second-order valence-electron chi connectivity index (χ2n) is 2.98. The number of aryl methyl sites for hydroxylation is 1. The van der Waals surface area contributed by atoms with E-state index in [1.165, 1.54) is 4.57 Å². The molecule has 0 aliphatic carbocycles. The molecule has 1 aromatic rings. The molecule has 0 saturated carbocycles. The summed E-state index contributed by atoms with van der Waals surface area (Å²) in [6.07, 6.45) is 0.736. The lowest BCUT2D eigenvalue weighted by molar-refractivity contribution is 0.547. The molecule has 0 fully saturated rings. The van der Waals surface area contributed by atoms with Gasteiger partial charge >= 0.3 is 11.4 Å². The zero-order chi connectivity index (χ0) is 10.7. The predicted molar refractivity (Wildman–Crippen MR) is 56.9 cm³/mol. The first-order valence-corrected chi connectivity index (χ1v) is 5.40. The maximum absolute atomic E-state index is 11.6. The first-order valence-electron chi connectivity index (χ1n) is 4.28. The fraction of sp³-hybridized carbons (Fsp3) is 0.625. The first-order chi connectivity index (χ1) is 6.57. The number of alkyl halides is 1. The molecule has 6 heteroatoms. The van der Waals surface area contributed by atoms with Crippen LogP contribution in [0.3, 0.4) is 0 Å². The molecule has 0 aliphatic rings. The predicted octanol–water partition coefficient (Wildman–Crippen LogP) is 0.0354. The van der Waals surface area contributed by atoms with Crippen molar-refractivity contribution < 1.29 is 0 Å². The Morgan fingerprint density at radius 3 is 2.64 bits per heavy atom. The van der Waals surface area contributed by atoms with Crippen molar-refractivity contribution in [2.45, 2.75) is 19.9 Å². The van der Waals surface area contributed by atoms with Crippen molar-refractivity contribution in [2.24, 2.45) is 7.05 Å². The first kappa shape index (κ1) is 11.2. The maximum Gasteiger partial charge on any atom is 0.353 e. The molecule has 0 atom stereocenters. The number of rotatable bonds is 3. The second-order valence-corrected chi connectivity index (χ2v) is 3.77. The topological polar surface area (TPSA) is 56.9 Å². The molecule has 14 heavy (non-hydrogen) atoms. The SMILES string of the molecule is Cc1nc(=O)n(CCCBr)c(=O)n1C. The van der Waals surface area contributed by atoms with Gasteiger partial charge in [0.25, 0.3) is 0 Å². The van der Waals surface area contributed by atoms with Crippen LogP contribution in [-0.2, 0) is 13.6 Å². The van der Waals surface area contributed by atoms with Gasteiger partial charge in [0.2, 0.25) is 0 Å². The minimum Gasteiger partial charge on any atom is -0.285 e. The maximum atomic E-state index is 11.6. The average Bonchev–Trinajstić information content (AvgIpc) is 2.14. The van der Waals surface area contributed by atoms with Crippen LogP contribution in [0.2, 0.25) is 0 Å². The molecule has 0 N–H and O–H groups in total. The zero-order valence-corrected chi connectivity index (χ0v) is 9.74. The fourth-order valence-electron chi connectivity index (χ4n) is 1.08. The van der Waals surface area contributed by atoms with E-state index in [4.69, 9.17) is 0 Å². The van der Waals surface area contributed by atoms with Crippen molar-refractivity contribution in [3.8, 4) is 0 Å². The Hall–Kier alpha value is -0.910. The van der Waals surface area contributed by atoms with Crippen LogP contribution in [0.4, 0.5) is 0 Å². The lowest BCUT2D eigenvalue weighted by Crippen LogP contribution is -2.41. The summed E-state index contributed by atoms with van der Waals surface area (Å²) in [7, 11) is 1.61. The van der Waals surface area contributed by atoms with Crippen LogP contribution >= 0.6 is 15.9 Å². The van der Waals surface area contributed by atoms with Gasteiger partial charge < -0.3 is 0 Å². The van der Waals surface area contributed by atoms with E-state index in [2.05, 4.69) is 20.9 Å². The highest BCUT2D eigenvalue weighted by Crippen LogP contribution is 1.89. The molecule has 0 aliphatic heterocycles. The van der Waals surface area contributed by atoms with Gasteiger partial charge in [-0.1, -0.05) is 15.9 Å². The number of hydrogen-bond acceptors (Lipinski definition) is 3. The van der Waals surface area contributed by atoms with E-state index in [1.54, 1.807) is 14.0 Å². The van der Waals surface area contributed by atoms with E-state index >= 15 is 0 Å². The van der Waals surface area contributed by atoms with Gasteiger partial charge in [0.1, 0.15) is 5.82 Å². The van der Waals surface area contributed by atoms with Crippen molar-refractivity contribution in [2.75, 3.05) is 5.33 Å². The van der Waals surface area contributed by atoms with Gasteiger partial charge in [-0.25, -0.2) is 14.2 Å². The Balaban J connectivity index is 3.23. The number of aromatic nitrogens is 3. The summed E-state index contributed by atoms with van der Waals surface area (Å²) in [5.41, 5.74) is -0.769. The lowest BCUT2D eigenvalue weighted by Gasteiger charge is -2.06. The molecule has 0 bridgehead atoms. The Morgan fingerprint density at radius 2 is 2.07 bits per heavy atom. The summed E-state index contributed by atoms with van der Waals surface area (Å²) in [4.78, 5) is 26.7. The minimum absolute atomic E-state index is 0.302. The van der Waals surface area contributed by atoms with E-state index in [0.29, 0.717) is 12.4 Å². The number of halogens is 1. The molecule has 0 saturated heterocycles. The summed E-state index contributed by atoms with van der Waals surface area (Å²) < 4.78 is 2.52. The van der Waals surface area contributed by atoms with Gasteiger partial charge in [0.15, 0.2) is 0 Å². The van der Waals surface area contributed by atoms with Gasteiger partial charge in [-0.05, 0) is 13.3 Å². The quantitative estimate of drug-likeness (QED) is 0.722. The summed E-state index contributed by atoms with van der Waals surface area (Å²) in [6.45, 7) is 2.04. The van der Waals surface area contributed by atoms with Crippen molar-refractivity contribution in [1.82, 2.24) is 14.1 Å². The summed E-state index contributed by atoms with van der Waals surface area (Å²) in [5.74, 6) is 0.440. The summed E-state index contributed by atoms with van der Waals surface area (Å²) >= 11 is 3.24. The largest absolute Gasteiger partial charge is 0.353 e. The Kier molecular flexibility index (Phi) is 3.62.